The van der Waals surface area contributed by atoms with Crippen LogP contribution in [0.25, 0.3) is 0 Å². The van der Waals surface area contributed by atoms with Gasteiger partial charge >= 0.3 is 0 Å². The molecule has 0 unspecified atom stereocenters. The van der Waals surface area contributed by atoms with E-state index >= 15 is 0 Å². The minimum Gasteiger partial charge on any atom is -0.481 e. The number of amides is 1. The van der Waals surface area contributed by atoms with Crippen LogP contribution in [0.3, 0.4) is 0 Å². The van der Waals surface area contributed by atoms with Crippen molar-refractivity contribution in [3.05, 3.63) is 29.3 Å². The maximum absolute atomic E-state index is 12.3. The molecule has 1 aliphatic carbocycles. The third kappa shape index (κ3) is 3.14. The van der Waals surface area contributed by atoms with Crippen molar-refractivity contribution < 1.29 is 9.53 Å². The summed E-state index contributed by atoms with van der Waals surface area (Å²) in [6.45, 7) is 7.31. The smallest absolute Gasteiger partial charge is 0.263 e. The first-order valence-corrected chi connectivity index (χ1v) is 7.73. The Morgan fingerprint density at radius 3 is 2.65 bits per heavy atom. The number of likely N-dealkylation sites (N-methyl/N-ethyl adjacent to an activating group) is 1. The van der Waals surface area contributed by atoms with E-state index in [0.717, 1.165) is 31.7 Å². The van der Waals surface area contributed by atoms with Crippen LogP contribution in [0.5, 0.6) is 5.75 Å². The highest BCUT2D eigenvalue weighted by molar-refractivity contribution is 5.80. The van der Waals surface area contributed by atoms with Crippen LogP contribution in [0.2, 0.25) is 0 Å². The van der Waals surface area contributed by atoms with E-state index in [2.05, 4.69) is 6.07 Å². The van der Waals surface area contributed by atoms with Gasteiger partial charge < -0.3 is 9.64 Å². The van der Waals surface area contributed by atoms with Crippen LogP contribution in [0.15, 0.2) is 18.2 Å². The monoisotopic (exact) mass is 275 g/mol. The van der Waals surface area contributed by atoms with Gasteiger partial charge in [-0.15, -0.1) is 0 Å². The van der Waals surface area contributed by atoms with Crippen molar-refractivity contribution in [2.24, 2.45) is 0 Å². The lowest BCUT2D eigenvalue weighted by atomic mass is 9.91. The van der Waals surface area contributed by atoms with Crippen molar-refractivity contribution in [3.8, 4) is 5.75 Å². The topological polar surface area (TPSA) is 29.5 Å². The first kappa shape index (κ1) is 14.9. The Kier molecular flexibility index (Phi) is 5.05. The third-order valence-electron chi connectivity index (χ3n) is 4.08. The van der Waals surface area contributed by atoms with Crippen LogP contribution >= 0.6 is 0 Å². The first-order valence-electron chi connectivity index (χ1n) is 7.73. The van der Waals surface area contributed by atoms with Gasteiger partial charge in [0.25, 0.3) is 5.91 Å². The number of hydrogen-bond acceptors (Lipinski definition) is 2. The average Bonchev–Trinajstić information content (AvgIpc) is 2.48. The molecule has 2 rings (SSSR count). The molecule has 0 aromatic heterocycles. The van der Waals surface area contributed by atoms with Gasteiger partial charge in [0.05, 0.1) is 0 Å². The lowest BCUT2D eigenvalue weighted by Gasteiger charge is -2.25. The van der Waals surface area contributed by atoms with Crippen molar-refractivity contribution in [1.29, 1.82) is 0 Å². The van der Waals surface area contributed by atoms with E-state index in [4.69, 9.17) is 4.74 Å². The molecular formula is C17H25NO2. The molecule has 1 aromatic rings. The zero-order valence-corrected chi connectivity index (χ0v) is 12.8. The van der Waals surface area contributed by atoms with Crippen molar-refractivity contribution >= 4 is 5.91 Å². The Hall–Kier alpha value is -1.51. The number of rotatable bonds is 5. The Morgan fingerprint density at radius 2 is 1.95 bits per heavy atom. The molecule has 1 aromatic carbocycles. The summed E-state index contributed by atoms with van der Waals surface area (Å²) in [6.07, 6.45) is 4.25. The second-order valence-electron chi connectivity index (χ2n) is 5.37. The highest BCUT2D eigenvalue weighted by Gasteiger charge is 2.22. The molecule has 3 heteroatoms. The van der Waals surface area contributed by atoms with E-state index in [1.807, 2.05) is 37.8 Å². The lowest BCUT2D eigenvalue weighted by Crippen LogP contribution is -2.40. The van der Waals surface area contributed by atoms with Crippen LogP contribution < -0.4 is 4.74 Å². The van der Waals surface area contributed by atoms with Gasteiger partial charge in [-0.05, 0) is 63.6 Å². The highest BCUT2D eigenvalue weighted by atomic mass is 16.5. The Bertz CT molecular complexity index is 466. The van der Waals surface area contributed by atoms with Crippen molar-refractivity contribution in [1.82, 2.24) is 4.90 Å². The molecule has 20 heavy (non-hydrogen) atoms. The van der Waals surface area contributed by atoms with Gasteiger partial charge in [0.15, 0.2) is 6.10 Å². The number of hydrogen-bond donors (Lipinski definition) is 0. The largest absolute Gasteiger partial charge is 0.481 e. The maximum atomic E-state index is 12.3. The summed E-state index contributed by atoms with van der Waals surface area (Å²) in [5.74, 6) is 0.971. The SMILES string of the molecule is CCN(CC)C(=O)[C@@H](C)Oc1cccc2c1CCCC2. The molecule has 3 nitrogen and oxygen atoms in total. The lowest BCUT2D eigenvalue weighted by molar-refractivity contribution is -0.137. The number of carbonyl (C=O) groups is 1. The first-order chi connectivity index (χ1) is 9.67. The summed E-state index contributed by atoms with van der Waals surface area (Å²) in [4.78, 5) is 14.1. The number of carbonyl (C=O) groups excluding carboxylic acids is 1. The highest BCUT2D eigenvalue weighted by Crippen LogP contribution is 2.30. The fraction of sp³-hybridized carbons (Fsp3) is 0.588. The molecule has 0 fully saturated rings. The number of benzene rings is 1. The maximum Gasteiger partial charge on any atom is 0.263 e. The molecule has 1 aliphatic rings. The molecule has 0 saturated carbocycles. The standard InChI is InChI=1S/C17H25NO2/c1-4-18(5-2)17(19)13(3)20-16-12-8-10-14-9-6-7-11-15(14)16/h8,10,12-13H,4-7,9,11H2,1-3H3/t13-/m1/s1. The molecule has 0 radical (unpaired) electrons. The van der Waals surface area contributed by atoms with Gasteiger partial charge in [-0.2, -0.15) is 0 Å². The van der Waals surface area contributed by atoms with Gasteiger partial charge in [0.1, 0.15) is 5.75 Å². The number of fused-ring (bicyclic) bond motifs is 1. The Labute approximate surface area is 121 Å². The van der Waals surface area contributed by atoms with E-state index in [-0.39, 0.29) is 5.91 Å². The molecule has 1 amide bonds. The minimum atomic E-state index is -0.414. The average molecular weight is 275 g/mol. The minimum absolute atomic E-state index is 0.0726. The van der Waals surface area contributed by atoms with Gasteiger partial charge in [-0.3, -0.25) is 4.79 Å². The van der Waals surface area contributed by atoms with E-state index in [9.17, 15) is 4.79 Å². The van der Waals surface area contributed by atoms with E-state index in [1.165, 1.54) is 24.0 Å². The fourth-order valence-electron chi connectivity index (χ4n) is 2.89. The quantitative estimate of drug-likeness (QED) is 0.826. The summed E-state index contributed by atoms with van der Waals surface area (Å²) in [7, 11) is 0. The van der Waals surface area contributed by atoms with Gasteiger partial charge in [0.2, 0.25) is 0 Å². The van der Waals surface area contributed by atoms with Crippen LogP contribution in [0.4, 0.5) is 0 Å². The summed E-state index contributed by atoms with van der Waals surface area (Å²) in [6, 6.07) is 6.21. The third-order valence-corrected chi connectivity index (χ3v) is 4.08. The van der Waals surface area contributed by atoms with Gasteiger partial charge in [-0.25, -0.2) is 0 Å². The number of nitrogens with zero attached hydrogens (tertiary/aromatic N) is 1. The van der Waals surface area contributed by atoms with Crippen molar-refractivity contribution in [2.75, 3.05) is 13.1 Å². The second kappa shape index (κ2) is 6.78. The van der Waals surface area contributed by atoms with Crippen molar-refractivity contribution in [3.63, 3.8) is 0 Å². The zero-order valence-electron chi connectivity index (χ0n) is 12.8. The molecular weight excluding hydrogens is 250 g/mol. The number of ether oxygens (including phenoxy) is 1. The molecule has 0 heterocycles. The predicted molar refractivity (Wildman–Crippen MR) is 81.1 cm³/mol. The Morgan fingerprint density at radius 1 is 1.25 bits per heavy atom. The summed E-state index contributed by atoms with van der Waals surface area (Å²) in [5.41, 5.74) is 2.69. The molecule has 1 atom stereocenters. The van der Waals surface area contributed by atoms with Crippen molar-refractivity contribution in [2.45, 2.75) is 52.6 Å². The molecule has 0 aliphatic heterocycles. The molecule has 110 valence electrons. The van der Waals surface area contributed by atoms with Gasteiger partial charge in [0, 0.05) is 13.1 Å². The second-order valence-corrected chi connectivity index (χ2v) is 5.37. The Balaban J connectivity index is 2.12. The van der Waals surface area contributed by atoms with E-state index < -0.39 is 6.10 Å². The molecule has 0 spiro atoms. The van der Waals surface area contributed by atoms with Gasteiger partial charge in [-0.1, -0.05) is 12.1 Å². The van der Waals surface area contributed by atoms with Crippen LogP contribution in [-0.2, 0) is 17.6 Å². The fourth-order valence-corrected chi connectivity index (χ4v) is 2.89. The van der Waals surface area contributed by atoms with E-state index in [1.54, 1.807) is 0 Å². The van der Waals surface area contributed by atoms with Crippen LogP contribution in [0.1, 0.15) is 44.7 Å². The predicted octanol–water partition coefficient (Wildman–Crippen LogP) is 3.20. The molecule has 0 saturated heterocycles. The van der Waals surface area contributed by atoms with Crippen LogP contribution in [-0.4, -0.2) is 30.0 Å². The summed E-state index contributed by atoms with van der Waals surface area (Å²) < 4.78 is 5.97. The molecule has 0 N–H and O–H groups in total. The summed E-state index contributed by atoms with van der Waals surface area (Å²) in [5, 5.41) is 0. The van der Waals surface area contributed by atoms with Crippen LogP contribution in [0, 0.1) is 0 Å². The normalized spacial score (nSPS) is 15.3. The summed E-state index contributed by atoms with van der Waals surface area (Å²) >= 11 is 0. The molecule has 0 bridgehead atoms. The van der Waals surface area contributed by atoms with E-state index in [0.29, 0.717) is 0 Å². The number of aryl methyl sites for hydroxylation is 1. The zero-order chi connectivity index (χ0) is 14.5.